The van der Waals surface area contributed by atoms with E-state index < -0.39 is 10.0 Å². The molecule has 1 aromatic heterocycles. The van der Waals surface area contributed by atoms with Crippen molar-refractivity contribution < 1.29 is 22.5 Å². The summed E-state index contributed by atoms with van der Waals surface area (Å²) < 4.78 is 33.5. The van der Waals surface area contributed by atoms with Crippen LogP contribution in [0.15, 0.2) is 51.9 Å². The van der Waals surface area contributed by atoms with Crippen molar-refractivity contribution >= 4 is 21.6 Å². The van der Waals surface area contributed by atoms with Gasteiger partial charge in [0.15, 0.2) is 0 Å². The standard InChI is InChI=1S/C19H20N4O5S/c1-12-3-5-13(6-4-12)19-22-18(28-23-19)10-9-17(24)21-14-7-8-15(27-2)16(11-14)29(20,25)26/h3-8,11H,9-10H2,1-2H3,(H,21,24)(H2,20,25,26). The number of ether oxygens (including phenoxy) is 1. The summed E-state index contributed by atoms with van der Waals surface area (Å²) in [5, 5.41) is 11.7. The molecule has 1 heterocycles. The largest absolute Gasteiger partial charge is 0.495 e. The van der Waals surface area contributed by atoms with Crippen molar-refractivity contribution in [3.05, 3.63) is 53.9 Å². The normalized spacial score (nSPS) is 11.3. The van der Waals surface area contributed by atoms with Crippen LogP contribution in [0.25, 0.3) is 11.4 Å². The zero-order valence-corrected chi connectivity index (χ0v) is 16.7. The number of nitrogens with two attached hydrogens (primary N) is 1. The molecule has 0 bridgehead atoms. The Balaban J connectivity index is 1.63. The van der Waals surface area contributed by atoms with Gasteiger partial charge in [0.05, 0.1) is 7.11 Å². The minimum atomic E-state index is -4.00. The van der Waals surface area contributed by atoms with Crippen LogP contribution in [0.5, 0.6) is 5.75 Å². The molecule has 3 rings (SSSR count). The second kappa shape index (κ2) is 8.41. The molecule has 0 fully saturated rings. The van der Waals surface area contributed by atoms with E-state index in [1.807, 2.05) is 31.2 Å². The third-order valence-electron chi connectivity index (χ3n) is 4.10. The molecule has 29 heavy (non-hydrogen) atoms. The highest BCUT2D eigenvalue weighted by atomic mass is 32.2. The topological polar surface area (TPSA) is 137 Å². The van der Waals surface area contributed by atoms with Gasteiger partial charge in [-0.2, -0.15) is 4.98 Å². The van der Waals surface area contributed by atoms with E-state index >= 15 is 0 Å². The number of benzene rings is 2. The Bertz CT molecular complexity index is 1120. The van der Waals surface area contributed by atoms with Gasteiger partial charge in [-0.15, -0.1) is 0 Å². The maximum Gasteiger partial charge on any atom is 0.241 e. The Kier molecular flexibility index (Phi) is 5.95. The van der Waals surface area contributed by atoms with Crippen LogP contribution in [0.4, 0.5) is 5.69 Å². The van der Waals surface area contributed by atoms with Gasteiger partial charge in [0.2, 0.25) is 27.6 Å². The number of carbonyl (C=O) groups is 1. The van der Waals surface area contributed by atoms with E-state index in [1.54, 1.807) is 0 Å². The minimum Gasteiger partial charge on any atom is -0.495 e. The number of nitrogens with zero attached hydrogens (tertiary/aromatic N) is 2. The number of methoxy groups -OCH3 is 1. The van der Waals surface area contributed by atoms with Gasteiger partial charge >= 0.3 is 0 Å². The number of hydrogen-bond donors (Lipinski definition) is 2. The van der Waals surface area contributed by atoms with Crippen LogP contribution >= 0.6 is 0 Å². The summed E-state index contributed by atoms with van der Waals surface area (Å²) in [5.41, 5.74) is 2.23. The summed E-state index contributed by atoms with van der Waals surface area (Å²) in [6.45, 7) is 1.98. The van der Waals surface area contributed by atoms with Crippen LogP contribution in [0.1, 0.15) is 17.9 Å². The van der Waals surface area contributed by atoms with Crippen molar-refractivity contribution in [3.8, 4) is 17.1 Å². The lowest BCUT2D eigenvalue weighted by atomic mass is 10.1. The number of primary sulfonamides is 1. The summed E-state index contributed by atoms with van der Waals surface area (Å²) in [5.74, 6) is 0.537. The molecule has 0 radical (unpaired) electrons. The van der Waals surface area contributed by atoms with Crippen LogP contribution in [0.3, 0.4) is 0 Å². The lowest BCUT2D eigenvalue weighted by molar-refractivity contribution is -0.116. The van der Waals surface area contributed by atoms with E-state index in [4.69, 9.17) is 14.4 Å². The first-order valence-electron chi connectivity index (χ1n) is 8.66. The van der Waals surface area contributed by atoms with Gasteiger partial charge in [0.25, 0.3) is 0 Å². The van der Waals surface area contributed by atoms with Gasteiger partial charge in [-0.05, 0) is 25.1 Å². The van der Waals surface area contributed by atoms with Crippen LogP contribution in [-0.4, -0.2) is 31.6 Å². The molecule has 10 heteroatoms. The summed E-state index contributed by atoms with van der Waals surface area (Å²) in [6, 6.07) is 11.9. The first-order valence-corrected chi connectivity index (χ1v) is 10.2. The molecule has 2 aromatic carbocycles. The number of anilines is 1. The van der Waals surface area contributed by atoms with Gasteiger partial charge in [0.1, 0.15) is 10.6 Å². The lowest BCUT2D eigenvalue weighted by Crippen LogP contribution is -2.16. The van der Waals surface area contributed by atoms with E-state index in [1.165, 1.54) is 25.3 Å². The van der Waals surface area contributed by atoms with Crippen LogP contribution in [0, 0.1) is 6.92 Å². The fourth-order valence-corrected chi connectivity index (χ4v) is 3.32. The highest BCUT2D eigenvalue weighted by molar-refractivity contribution is 7.89. The van der Waals surface area contributed by atoms with Gasteiger partial charge in [-0.25, -0.2) is 13.6 Å². The summed E-state index contributed by atoms with van der Waals surface area (Å²) in [6.07, 6.45) is 0.315. The number of hydrogen-bond acceptors (Lipinski definition) is 7. The quantitative estimate of drug-likeness (QED) is 0.602. The highest BCUT2D eigenvalue weighted by Gasteiger charge is 2.17. The Morgan fingerprint density at radius 2 is 1.93 bits per heavy atom. The average Bonchev–Trinajstić information content (AvgIpc) is 3.15. The number of rotatable bonds is 7. The van der Waals surface area contributed by atoms with Crippen molar-refractivity contribution in [2.45, 2.75) is 24.7 Å². The number of nitrogens with one attached hydrogen (secondary N) is 1. The third kappa shape index (κ3) is 5.18. The first kappa shape index (κ1) is 20.5. The number of sulfonamides is 1. The molecule has 3 N–H and O–H groups in total. The third-order valence-corrected chi connectivity index (χ3v) is 5.03. The van der Waals surface area contributed by atoms with E-state index in [2.05, 4.69) is 15.5 Å². The molecule has 0 atom stereocenters. The van der Waals surface area contributed by atoms with Crippen molar-refractivity contribution in [2.24, 2.45) is 5.14 Å². The first-order chi connectivity index (χ1) is 13.8. The molecule has 1 amide bonds. The molecule has 152 valence electrons. The van der Waals surface area contributed by atoms with Crippen LogP contribution in [-0.2, 0) is 21.2 Å². The molecular formula is C19H20N4O5S. The van der Waals surface area contributed by atoms with Gasteiger partial charge < -0.3 is 14.6 Å². The number of aryl methyl sites for hydroxylation is 2. The summed E-state index contributed by atoms with van der Waals surface area (Å²) >= 11 is 0. The molecule has 0 aliphatic heterocycles. The van der Waals surface area contributed by atoms with E-state index in [-0.39, 0.29) is 35.1 Å². The van der Waals surface area contributed by atoms with Crippen molar-refractivity contribution in [3.63, 3.8) is 0 Å². The Hall–Kier alpha value is -3.24. The zero-order chi connectivity index (χ0) is 21.0. The fraction of sp³-hybridized carbons (Fsp3) is 0.211. The lowest BCUT2D eigenvalue weighted by Gasteiger charge is -2.10. The minimum absolute atomic E-state index is 0.0757. The molecule has 0 aliphatic carbocycles. The number of aromatic nitrogens is 2. The molecule has 0 saturated carbocycles. The van der Waals surface area contributed by atoms with Crippen molar-refractivity contribution in [1.82, 2.24) is 10.1 Å². The summed E-state index contributed by atoms with van der Waals surface area (Å²) in [7, 11) is -2.66. The zero-order valence-electron chi connectivity index (χ0n) is 15.9. The van der Waals surface area contributed by atoms with Crippen molar-refractivity contribution in [2.75, 3.05) is 12.4 Å². The molecule has 9 nitrogen and oxygen atoms in total. The summed E-state index contributed by atoms with van der Waals surface area (Å²) in [4.78, 5) is 16.3. The van der Waals surface area contributed by atoms with Crippen LogP contribution < -0.4 is 15.2 Å². The van der Waals surface area contributed by atoms with E-state index in [9.17, 15) is 13.2 Å². The maximum absolute atomic E-state index is 12.2. The number of amides is 1. The second-order valence-electron chi connectivity index (χ2n) is 6.34. The molecule has 0 unspecified atom stereocenters. The smallest absolute Gasteiger partial charge is 0.241 e. The maximum atomic E-state index is 12.2. The Morgan fingerprint density at radius 1 is 1.21 bits per heavy atom. The van der Waals surface area contributed by atoms with E-state index in [0.29, 0.717) is 11.7 Å². The van der Waals surface area contributed by atoms with E-state index in [0.717, 1.165) is 11.1 Å². The molecule has 0 spiro atoms. The highest BCUT2D eigenvalue weighted by Crippen LogP contribution is 2.26. The Morgan fingerprint density at radius 3 is 2.59 bits per heavy atom. The van der Waals surface area contributed by atoms with Gasteiger partial charge in [0, 0.05) is 24.1 Å². The predicted molar refractivity (Wildman–Crippen MR) is 106 cm³/mol. The fourth-order valence-electron chi connectivity index (χ4n) is 2.60. The average molecular weight is 416 g/mol. The predicted octanol–water partition coefficient (Wildman–Crippen LogP) is 2.27. The molecular weight excluding hydrogens is 396 g/mol. The Labute approximate surface area is 167 Å². The number of carbonyl (C=O) groups excluding carboxylic acids is 1. The monoisotopic (exact) mass is 416 g/mol. The van der Waals surface area contributed by atoms with Crippen LogP contribution in [0.2, 0.25) is 0 Å². The molecule has 0 aliphatic rings. The van der Waals surface area contributed by atoms with Gasteiger partial charge in [-0.3, -0.25) is 4.79 Å². The van der Waals surface area contributed by atoms with Gasteiger partial charge in [-0.1, -0.05) is 35.0 Å². The second-order valence-corrected chi connectivity index (χ2v) is 7.87. The molecule has 0 saturated heterocycles. The molecule has 3 aromatic rings. The van der Waals surface area contributed by atoms with Crippen molar-refractivity contribution in [1.29, 1.82) is 0 Å². The SMILES string of the molecule is COc1ccc(NC(=O)CCc2nc(-c3ccc(C)cc3)no2)cc1S(N)(=O)=O.